The summed E-state index contributed by atoms with van der Waals surface area (Å²) >= 11 is 1.06. The zero-order chi connectivity index (χ0) is 14.8. The molecule has 0 amide bonds. The first-order valence-corrected chi connectivity index (χ1v) is 6.45. The van der Waals surface area contributed by atoms with Crippen LogP contribution >= 0.6 is 11.8 Å². The highest BCUT2D eigenvalue weighted by atomic mass is 32.2. The van der Waals surface area contributed by atoms with Gasteiger partial charge in [-0.1, -0.05) is 30.0 Å². The molecule has 0 unspecified atom stereocenters. The van der Waals surface area contributed by atoms with E-state index in [-0.39, 0.29) is 10.6 Å². The minimum absolute atomic E-state index is 0.0663. The molecule has 0 aliphatic heterocycles. The molecule has 20 heavy (non-hydrogen) atoms. The summed E-state index contributed by atoms with van der Waals surface area (Å²) in [6.07, 6.45) is -4.52. The standard InChI is InChI=1S/C14H9F3N2S/c1-9-4-2-3-5-11(9)20-13-10(8-18)6-7-12(19-13)14(15,16)17/h2-7H,1H3. The second-order valence-corrected chi connectivity index (χ2v) is 5.06. The number of benzene rings is 1. The van der Waals surface area contributed by atoms with Crippen molar-refractivity contribution < 1.29 is 13.2 Å². The summed E-state index contributed by atoms with van der Waals surface area (Å²) < 4.78 is 38.0. The number of nitriles is 1. The molecule has 102 valence electrons. The molecule has 1 heterocycles. The zero-order valence-electron chi connectivity index (χ0n) is 10.4. The topological polar surface area (TPSA) is 36.7 Å². The first-order chi connectivity index (χ1) is 9.41. The smallest absolute Gasteiger partial charge is 0.235 e. The van der Waals surface area contributed by atoms with Gasteiger partial charge in [0.15, 0.2) is 0 Å². The van der Waals surface area contributed by atoms with Crippen molar-refractivity contribution in [1.29, 1.82) is 5.26 Å². The van der Waals surface area contributed by atoms with Crippen LogP contribution in [0, 0.1) is 18.3 Å². The molecule has 2 aromatic rings. The van der Waals surface area contributed by atoms with Crippen LogP contribution in [0.5, 0.6) is 0 Å². The number of halogens is 3. The molecule has 0 bridgehead atoms. The molecule has 0 aliphatic rings. The van der Waals surface area contributed by atoms with Crippen LogP contribution in [0.1, 0.15) is 16.8 Å². The number of pyridine rings is 1. The van der Waals surface area contributed by atoms with Gasteiger partial charge in [-0.05, 0) is 30.7 Å². The fraction of sp³-hybridized carbons (Fsp3) is 0.143. The van der Waals surface area contributed by atoms with Gasteiger partial charge in [0.25, 0.3) is 0 Å². The van der Waals surface area contributed by atoms with Crippen molar-refractivity contribution in [3.05, 3.63) is 53.2 Å². The molecule has 0 N–H and O–H groups in total. The van der Waals surface area contributed by atoms with Gasteiger partial charge in [0.05, 0.1) is 5.56 Å². The molecule has 1 aromatic heterocycles. The van der Waals surface area contributed by atoms with Crippen LogP contribution in [0.2, 0.25) is 0 Å². The molecule has 2 nitrogen and oxygen atoms in total. The maximum absolute atomic E-state index is 12.7. The molecule has 1 aromatic carbocycles. The average Bonchev–Trinajstić information content (AvgIpc) is 2.40. The highest BCUT2D eigenvalue weighted by Crippen LogP contribution is 2.34. The third-order valence-corrected chi connectivity index (χ3v) is 3.75. The molecular formula is C14H9F3N2S. The molecule has 0 saturated heterocycles. The van der Waals surface area contributed by atoms with E-state index in [0.29, 0.717) is 0 Å². The Balaban J connectivity index is 2.45. The first-order valence-electron chi connectivity index (χ1n) is 5.63. The summed E-state index contributed by atoms with van der Waals surface area (Å²) in [7, 11) is 0. The maximum atomic E-state index is 12.7. The lowest BCUT2D eigenvalue weighted by molar-refractivity contribution is -0.141. The maximum Gasteiger partial charge on any atom is 0.433 e. The van der Waals surface area contributed by atoms with E-state index in [0.717, 1.165) is 34.4 Å². The lowest BCUT2D eigenvalue weighted by Gasteiger charge is -2.10. The monoisotopic (exact) mass is 294 g/mol. The number of alkyl halides is 3. The number of hydrogen-bond donors (Lipinski definition) is 0. The van der Waals surface area contributed by atoms with E-state index in [9.17, 15) is 13.2 Å². The number of hydrogen-bond acceptors (Lipinski definition) is 3. The van der Waals surface area contributed by atoms with E-state index in [1.54, 1.807) is 12.1 Å². The Morgan fingerprint density at radius 3 is 2.45 bits per heavy atom. The zero-order valence-corrected chi connectivity index (χ0v) is 11.2. The van der Waals surface area contributed by atoms with Crippen molar-refractivity contribution in [1.82, 2.24) is 4.98 Å². The van der Waals surface area contributed by atoms with Crippen LogP contribution in [-0.2, 0) is 6.18 Å². The van der Waals surface area contributed by atoms with Crippen LogP contribution in [0.15, 0.2) is 46.3 Å². The van der Waals surface area contributed by atoms with Crippen LogP contribution in [0.25, 0.3) is 0 Å². The minimum Gasteiger partial charge on any atom is -0.235 e. The van der Waals surface area contributed by atoms with E-state index in [1.807, 2.05) is 25.1 Å². The second-order valence-electron chi connectivity index (χ2n) is 4.03. The predicted molar refractivity (Wildman–Crippen MR) is 69.3 cm³/mol. The third-order valence-electron chi connectivity index (χ3n) is 2.57. The number of aromatic nitrogens is 1. The minimum atomic E-state index is -4.52. The van der Waals surface area contributed by atoms with Crippen LogP contribution < -0.4 is 0 Å². The molecule has 0 saturated carbocycles. The van der Waals surface area contributed by atoms with Gasteiger partial charge >= 0.3 is 6.18 Å². The SMILES string of the molecule is Cc1ccccc1Sc1nc(C(F)(F)F)ccc1C#N. The first kappa shape index (κ1) is 14.4. The van der Waals surface area contributed by atoms with E-state index < -0.39 is 11.9 Å². The summed E-state index contributed by atoms with van der Waals surface area (Å²) in [5.74, 6) is 0. The van der Waals surface area contributed by atoms with Gasteiger partial charge in [0.2, 0.25) is 0 Å². The predicted octanol–water partition coefficient (Wildman–Crippen LogP) is 4.43. The lowest BCUT2D eigenvalue weighted by Crippen LogP contribution is -2.08. The second kappa shape index (κ2) is 5.55. The molecule has 0 atom stereocenters. The molecule has 2 rings (SSSR count). The number of aryl methyl sites for hydroxylation is 1. The van der Waals surface area contributed by atoms with Crippen LogP contribution in [0.3, 0.4) is 0 Å². The van der Waals surface area contributed by atoms with Gasteiger partial charge in [0.1, 0.15) is 16.8 Å². The van der Waals surface area contributed by atoms with Gasteiger partial charge < -0.3 is 0 Å². The summed E-state index contributed by atoms with van der Waals surface area (Å²) in [5.41, 5.74) is 0.0550. The molecule has 0 radical (unpaired) electrons. The van der Waals surface area contributed by atoms with Crippen molar-refractivity contribution in [2.75, 3.05) is 0 Å². The lowest BCUT2D eigenvalue weighted by atomic mass is 10.2. The highest BCUT2D eigenvalue weighted by Gasteiger charge is 2.33. The van der Waals surface area contributed by atoms with E-state index in [4.69, 9.17) is 5.26 Å². The van der Waals surface area contributed by atoms with E-state index in [1.165, 1.54) is 0 Å². The summed E-state index contributed by atoms with van der Waals surface area (Å²) in [4.78, 5) is 4.34. The molecule has 0 spiro atoms. The highest BCUT2D eigenvalue weighted by molar-refractivity contribution is 7.99. The summed E-state index contributed by atoms with van der Waals surface area (Å²) in [6.45, 7) is 1.85. The molecule has 0 fully saturated rings. The largest absolute Gasteiger partial charge is 0.433 e. The Labute approximate surface area is 118 Å². The van der Waals surface area contributed by atoms with E-state index >= 15 is 0 Å². The average molecular weight is 294 g/mol. The van der Waals surface area contributed by atoms with Gasteiger partial charge in [-0.2, -0.15) is 18.4 Å². The van der Waals surface area contributed by atoms with Crippen molar-refractivity contribution in [2.45, 2.75) is 23.0 Å². The Hall–Kier alpha value is -2.00. The molecule has 0 aliphatic carbocycles. The van der Waals surface area contributed by atoms with Crippen molar-refractivity contribution in [3.63, 3.8) is 0 Å². The van der Waals surface area contributed by atoms with Crippen LogP contribution in [-0.4, -0.2) is 4.98 Å². The van der Waals surface area contributed by atoms with Gasteiger partial charge in [-0.15, -0.1) is 0 Å². The molecule has 6 heteroatoms. The Bertz CT molecular complexity index is 675. The Morgan fingerprint density at radius 2 is 1.85 bits per heavy atom. The molecular weight excluding hydrogens is 285 g/mol. The van der Waals surface area contributed by atoms with Gasteiger partial charge in [0, 0.05) is 4.90 Å². The summed E-state index contributed by atoms with van der Waals surface area (Å²) in [6, 6.07) is 11.1. The van der Waals surface area contributed by atoms with Gasteiger partial charge in [-0.3, -0.25) is 0 Å². The Kier molecular flexibility index (Phi) is 4.00. The normalized spacial score (nSPS) is 11.2. The van der Waals surface area contributed by atoms with Crippen molar-refractivity contribution >= 4 is 11.8 Å². The van der Waals surface area contributed by atoms with Crippen molar-refractivity contribution in [2.24, 2.45) is 0 Å². The number of nitrogens with zero attached hydrogens (tertiary/aromatic N) is 2. The van der Waals surface area contributed by atoms with Crippen molar-refractivity contribution in [3.8, 4) is 6.07 Å². The Morgan fingerprint density at radius 1 is 1.15 bits per heavy atom. The fourth-order valence-electron chi connectivity index (χ4n) is 1.54. The van der Waals surface area contributed by atoms with E-state index in [2.05, 4.69) is 4.98 Å². The fourth-order valence-corrected chi connectivity index (χ4v) is 2.49. The summed E-state index contributed by atoms with van der Waals surface area (Å²) in [5, 5.41) is 9.04. The quantitative estimate of drug-likeness (QED) is 0.822. The third kappa shape index (κ3) is 3.11. The van der Waals surface area contributed by atoms with Crippen LogP contribution in [0.4, 0.5) is 13.2 Å². The van der Waals surface area contributed by atoms with Gasteiger partial charge in [-0.25, -0.2) is 4.98 Å². The number of rotatable bonds is 2.